The van der Waals surface area contributed by atoms with Crippen molar-refractivity contribution in [2.75, 3.05) is 27.7 Å². The first-order chi connectivity index (χ1) is 14.7. The molecule has 31 heavy (non-hydrogen) atoms. The molecule has 0 radical (unpaired) electrons. The van der Waals surface area contributed by atoms with Crippen LogP contribution >= 0.6 is 0 Å². The van der Waals surface area contributed by atoms with E-state index in [-0.39, 0.29) is 12.2 Å². The highest BCUT2D eigenvalue weighted by atomic mass is 16.4. The van der Waals surface area contributed by atoms with E-state index >= 15 is 0 Å². The fraction of sp³-hybridized carbons (Fsp3) is 0.520. The summed E-state index contributed by atoms with van der Waals surface area (Å²) in [7, 11) is 5.82. The smallest absolute Gasteiger partial charge is 0.287 e. The Kier molecular flexibility index (Phi) is 9.31. The van der Waals surface area contributed by atoms with Crippen molar-refractivity contribution in [3.8, 4) is 0 Å². The minimum atomic E-state index is -1.18. The monoisotopic (exact) mass is 428 g/mol. The molecular weight excluding hydrogens is 392 g/mol. The van der Waals surface area contributed by atoms with E-state index in [1.807, 2.05) is 27.2 Å². The molecule has 2 aromatic rings. The van der Waals surface area contributed by atoms with Crippen molar-refractivity contribution in [3.63, 3.8) is 0 Å². The second-order valence-corrected chi connectivity index (χ2v) is 9.26. The van der Waals surface area contributed by atoms with Crippen LogP contribution < -0.4 is 10.4 Å². The van der Waals surface area contributed by atoms with Crippen molar-refractivity contribution in [1.82, 2.24) is 5.32 Å². The number of rotatable bonds is 13. The van der Waals surface area contributed by atoms with Crippen molar-refractivity contribution >= 4 is 11.9 Å². The van der Waals surface area contributed by atoms with Gasteiger partial charge in [-0.15, -0.1) is 0 Å². The highest BCUT2D eigenvalue weighted by Crippen LogP contribution is 2.14. The van der Waals surface area contributed by atoms with E-state index in [0.29, 0.717) is 17.4 Å². The number of aryl methyl sites for hydroxylation is 3. The molecule has 1 amide bonds. The predicted octanol–water partition coefficient (Wildman–Crippen LogP) is 2.74. The van der Waals surface area contributed by atoms with E-state index in [1.165, 1.54) is 30.4 Å². The number of carbonyl (C=O) groups is 2. The van der Waals surface area contributed by atoms with Gasteiger partial charge in [-0.05, 0) is 42.5 Å². The van der Waals surface area contributed by atoms with Crippen LogP contribution in [0, 0.1) is 0 Å². The minimum absolute atomic E-state index is 0.200. The zero-order valence-electron chi connectivity index (χ0n) is 19.3. The van der Waals surface area contributed by atoms with Crippen LogP contribution in [0.15, 0.2) is 40.8 Å². The molecule has 0 fully saturated rings. The van der Waals surface area contributed by atoms with Gasteiger partial charge in [0.1, 0.15) is 5.76 Å². The summed E-state index contributed by atoms with van der Waals surface area (Å²) in [4.78, 5) is 23.6. The number of benzene rings is 1. The van der Waals surface area contributed by atoms with Crippen molar-refractivity contribution in [2.24, 2.45) is 0 Å². The van der Waals surface area contributed by atoms with Crippen LogP contribution in [0.5, 0.6) is 0 Å². The number of amides is 1. The summed E-state index contributed by atoms with van der Waals surface area (Å²) in [6, 6.07) is 11.6. The third-order valence-corrected chi connectivity index (χ3v) is 5.15. The molecule has 0 aliphatic carbocycles. The second kappa shape index (κ2) is 11.7. The van der Waals surface area contributed by atoms with Crippen LogP contribution in [-0.2, 0) is 24.1 Å². The summed E-state index contributed by atoms with van der Waals surface area (Å²) in [5.41, 5.74) is 2.60. The summed E-state index contributed by atoms with van der Waals surface area (Å²) in [6.07, 6.45) is 6.14. The molecule has 0 unspecified atom stereocenters. The number of carbonyl (C=O) groups excluding carboxylic acids is 2. The highest BCUT2D eigenvalue weighted by Gasteiger charge is 2.22. The Morgan fingerprint density at radius 2 is 1.61 bits per heavy atom. The lowest BCUT2D eigenvalue weighted by Crippen LogP contribution is -2.50. The van der Waals surface area contributed by atoms with Crippen LogP contribution in [0.3, 0.4) is 0 Å². The van der Waals surface area contributed by atoms with Gasteiger partial charge in [0.2, 0.25) is 0 Å². The van der Waals surface area contributed by atoms with E-state index in [1.54, 1.807) is 6.07 Å². The zero-order chi connectivity index (χ0) is 22.9. The first-order valence-electron chi connectivity index (χ1n) is 11.1. The highest BCUT2D eigenvalue weighted by molar-refractivity contribution is 5.91. The Morgan fingerprint density at radius 3 is 2.19 bits per heavy atom. The third kappa shape index (κ3) is 9.39. The summed E-state index contributed by atoms with van der Waals surface area (Å²) >= 11 is 0. The van der Waals surface area contributed by atoms with Gasteiger partial charge in [-0.25, -0.2) is 0 Å². The van der Waals surface area contributed by atoms with Crippen molar-refractivity contribution in [1.29, 1.82) is 0 Å². The van der Waals surface area contributed by atoms with Crippen LogP contribution in [0.25, 0.3) is 0 Å². The van der Waals surface area contributed by atoms with Crippen LogP contribution in [0.4, 0.5) is 0 Å². The maximum atomic E-state index is 12.5. The molecule has 0 saturated heterocycles. The van der Waals surface area contributed by atoms with Gasteiger partial charge in [-0.1, -0.05) is 44.0 Å². The van der Waals surface area contributed by atoms with E-state index in [9.17, 15) is 14.7 Å². The number of carboxylic acids is 1. The molecule has 6 nitrogen and oxygen atoms in total. The van der Waals surface area contributed by atoms with E-state index in [4.69, 9.17) is 4.42 Å². The normalized spacial score (nSPS) is 12.5. The number of aliphatic carboxylic acids is 1. The number of unbranched alkanes of at least 4 members (excludes halogenated alkanes) is 2. The Balaban J connectivity index is 1.88. The van der Waals surface area contributed by atoms with Gasteiger partial charge in [-0.3, -0.25) is 4.79 Å². The summed E-state index contributed by atoms with van der Waals surface area (Å²) in [6.45, 7) is 2.69. The standard InChI is InChI=1S/C25H36N2O4/c1-5-6-7-8-19-9-11-20(12-10-19)13-14-22-15-16-23(31-22)25(30)26-21(17-24(28)29)18-27(2,3)4/h9-12,15-16,21H,5-8,13-14,17-18H2,1-4H3,(H-,26,28,29,30)/t21-/m1/s1. The van der Waals surface area contributed by atoms with E-state index in [2.05, 4.69) is 36.5 Å². The number of quaternary nitrogens is 1. The minimum Gasteiger partial charge on any atom is -0.550 e. The number of nitrogens with one attached hydrogen (secondary N) is 1. The third-order valence-electron chi connectivity index (χ3n) is 5.15. The van der Waals surface area contributed by atoms with Crippen LogP contribution in [-0.4, -0.2) is 50.1 Å². The molecule has 0 aliphatic rings. The number of furan rings is 1. The molecule has 1 atom stereocenters. The molecule has 1 aromatic heterocycles. The number of likely N-dealkylation sites (N-methyl/N-ethyl adjacent to an activating group) is 1. The lowest BCUT2D eigenvalue weighted by atomic mass is 10.0. The molecule has 1 N–H and O–H groups in total. The predicted molar refractivity (Wildman–Crippen MR) is 120 cm³/mol. The average Bonchev–Trinajstić information content (AvgIpc) is 3.15. The van der Waals surface area contributed by atoms with Gasteiger partial charge in [0.25, 0.3) is 5.91 Å². The molecular formula is C25H36N2O4. The SMILES string of the molecule is CCCCCc1ccc(CCc2ccc(C(=O)N[C@H](CC(=O)[O-])C[N+](C)(C)C)o2)cc1. The van der Waals surface area contributed by atoms with Gasteiger partial charge < -0.3 is 24.1 Å². The number of carboxylic acid groups (broad SMARTS) is 1. The lowest BCUT2D eigenvalue weighted by Gasteiger charge is -2.29. The molecule has 0 aliphatic heterocycles. The van der Waals surface area contributed by atoms with Gasteiger partial charge >= 0.3 is 0 Å². The van der Waals surface area contributed by atoms with Crippen molar-refractivity contribution in [2.45, 2.75) is 57.9 Å². The number of hydrogen-bond acceptors (Lipinski definition) is 4. The fourth-order valence-electron chi connectivity index (χ4n) is 3.63. The first-order valence-corrected chi connectivity index (χ1v) is 11.1. The maximum Gasteiger partial charge on any atom is 0.287 e. The maximum absolute atomic E-state index is 12.5. The molecule has 6 heteroatoms. The molecule has 0 bridgehead atoms. The fourth-order valence-corrected chi connectivity index (χ4v) is 3.63. The van der Waals surface area contributed by atoms with Crippen LogP contribution in [0.2, 0.25) is 0 Å². The Morgan fingerprint density at radius 1 is 0.968 bits per heavy atom. The Labute approximate surface area is 185 Å². The Bertz CT molecular complexity index is 834. The molecule has 1 aromatic carbocycles. The largest absolute Gasteiger partial charge is 0.550 e. The zero-order valence-corrected chi connectivity index (χ0v) is 19.3. The number of hydrogen-bond donors (Lipinski definition) is 1. The lowest BCUT2D eigenvalue weighted by molar-refractivity contribution is -0.871. The Hall–Kier alpha value is -2.60. The quantitative estimate of drug-likeness (QED) is 0.393. The van der Waals surface area contributed by atoms with E-state index < -0.39 is 17.9 Å². The van der Waals surface area contributed by atoms with Crippen molar-refractivity contribution in [3.05, 3.63) is 59.0 Å². The molecule has 2 rings (SSSR count). The molecule has 170 valence electrons. The van der Waals surface area contributed by atoms with Crippen molar-refractivity contribution < 1.29 is 23.6 Å². The molecule has 1 heterocycles. The van der Waals surface area contributed by atoms with E-state index in [0.717, 1.165) is 18.6 Å². The summed E-state index contributed by atoms with van der Waals surface area (Å²) in [5, 5.41) is 13.8. The summed E-state index contributed by atoms with van der Waals surface area (Å²) < 4.78 is 6.24. The van der Waals surface area contributed by atoms with Gasteiger partial charge in [0.15, 0.2) is 5.76 Å². The summed E-state index contributed by atoms with van der Waals surface area (Å²) in [5.74, 6) is -0.649. The van der Waals surface area contributed by atoms with Gasteiger partial charge in [0.05, 0.1) is 33.7 Å². The average molecular weight is 429 g/mol. The molecule has 0 saturated carbocycles. The molecule has 0 spiro atoms. The topological polar surface area (TPSA) is 82.4 Å². The van der Waals surface area contributed by atoms with Gasteiger partial charge in [0, 0.05) is 18.8 Å². The number of nitrogens with zero attached hydrogens (tertiary/aromatic N) is 1. The van der Waals surface area contributed by atoms with Gasteiger partial charge in [-0.2, -0.15) is 0 Å². The van der Waals surface area contributed by atoms with Crippen LogP contribution in [0.1, 0.15) is 60.0 Å². The first kappa shape index (κ1) is 24.7. The second-order valence-electron chi connectivity index (χ2n) is 9.26.